The van der Waals surface area contributed by atoms with E-state index in [0.29, 0.717) is 22.3 Å². The number of anilines is 1. The summed E-state index contributed by atoms with van der Waals surface area (Å²) in [5, 5.41) is 13.3. The number of likely N-dealkylation sites (tertiary alicyclic amines) is 1. The zero-order chi connectivity index (χ0) is 13.8. The Morgan fingerprint density at radius 1 is 1.47 bits per heavy atom. The van der Waals surface area contributed by atoms with Gasteiger partial charge in [-0.1, -0.05) is 23.2 Å². The topological polar surface area (TPSA) is 52.6 Å². The summed E-state index contributed by atoms with van der Waals surface area (Å²) in [5.74, 6) is -0.154. The van der Waals surface area contributed by atoms with E-state index < -0.39 is 0 Å². The molecule has 1 aliphatic heterocycles. The van der Waals surface area contributed by atoms with Crippen molar-refractivity contribution < 1.29 is 9.90 Å². The molecule has 2 rings (SSSR count). The van der Waals surface area contributed by atoms with Crippen LogP contribution in [0.4, 0.5) is 5.69 Å². The number of amides is 1. The summed E-state index contributed by atoms with van der Waals surface area (Å²) in [6.07, 6.45) is 1.38. The molecule has 1 fully saturated rings. The van der Waals surface area contributed by atoms with Crippen LogP contribution in [0.3, 0.4) is 0 Å². The average molecular weight is 303 g/mol. The number of halogens is 2. The Bertz CT molecular complexity index is 468. The number of hydrogen-bond acceptors (Lipinski definition) is 3. The number of carbonyl (C=O) groups is 1. The van der Waals surface area contributed by atoms with E-state index in [1.54, 1.807) is 18.2 Å². The van der Waals surface area contributed by atoms with Gasteiger partial charge in [-0.15, -0.1) is 0 Å². The molecule has 0 spiro atoms. The maximum atomic E-state index is 11.9. The quantitative estimate of drug-likeness (QED) is 0.901. The summed E-state index contributed by atoms with van der Waals surface area (Å²) < 4.78 is 0. The third kappa shape index (κ3) is 4.35. The molecule has 0 aliphatic carbocycles. The van der Waals surface area contributed by atoms with Crippen LogP contribution in [0.2, 0.25) is 10.0 Å². The summed E-state index contributed by atoms with van der Waals surface area (Å²) in [4.78, 5) is 13.8. The van der Waals surface area contributed by atoms with Crippen LogP contribution in [-0.2, 0) is 4.79 Å². The van der Waals surface area contributed by atoms with Crippen LogP contribution in [0.25, 0.3) is 0 Å². The Morgan fingerprint density at radius 2 is 2.26 bits per heavy atom. The number of nitrogens with zero attached hydrogens (tertiary/aromatic N) is 1. The number of benzene rings is 1. The lowest BCUT2D eigenvalue weighted by Crippen LogP contribution is -2.42. The lowest BCUT2D eigenvalue weighted by atomic mass is 10.1. The predicted octanol–water partition coefficient (Wildman–Crippen LogP) is 2.39. The Balaban J connectivity index is 1.92. The third-order valence-corrected chi connectivity index (χ3v) is 3.62. The molecule has 1 aromatic carbocycles. The average Bonchev–Trinajstić information content (AvgIpc) is 2.34. The monoisotopic (exact) mass is 302 g/mol. The second-order valence-electron chi connectivity index (χ2n) is 4.70. The van der Waals surface area contributed by atoms with Crippen LogP contribution in [0, 0.1) is 0 Å². The summed E-state index contributed by atoms with van der Waals surface area (Å²) in [5.41, 5.74) is 0.511. The van der Waals surface area contributed by atoms with Crippen molar-refractivity contribution in [2.75, 3.05) is 25.0 Å². The Labute approximate surface area is 122 Å². The number of aliphatic hydroxyl groups is 1. The molecule has 2 N–H and O–H groups in total. The van der Waals surface area contributed by atoms with Crippen molar-refractivity contribution in [3.05, 3.63) is 28.2 Å². The van der Waals surface area contributed by atoms with Crippen LogP contribution in [0.5, 0.6) is 0 Å². The fourth-order valence-electron chi connectivity index (χ4n) is 2.16. The van der Waals surface area contributed by atoms with Crippen molar-refractivity contribution >= 4 is 34.8 Å². The standard InChI is InChI=1S/C13H16Cl2N2O2/c14-9-3-4-11(15)12(6-9)16-13(19)8-17-5-1-2-10(18)7-17/h3-4,6,10,18H,1-2,5,7-8H2,(H,16,19)/t10-/m0/s1. The largest absolute Gasteiger partial charge is 0.392 e. The van der Waals surface area contributed by atoms with E-state index in [9.17, 15) is 9.90 Å². The van der Waals surface area contributed by atoms with E-state index in [1.165, 1.54) is 0 Å². The molecule has 0 saturated carbocycles. The van der Waals surface area contributed by atoms with E-state index in [4.69, 9.17) is 23.2 Å². The number of rotatable bonds is 3. The highest BCUT2D eigenvalue weighted by Crippen LogP contribution is 2.25. The van der Waals surface area contributed by atoms with Gasteiger partial charge in [0.1, 0.15) is 0 Å². The maximum absolute atomic E-state index is 11.9. The maximum Gasteiger partial charge on any atom is 0.238 e. The molecular formula is C13H16Cl2N2O2. The second-order valence-corrected chi connectivity index (χ2v) is 5.55. The number of β-amino-alcohol motifs (C(OH)–C–C–N with tert-alkyl or cyclic N) is 1. The summed E-state index contributed by atoms with van der Waals surface area (Å²) in [7, 11) is 0. The van der Waals surface area contributed by atoms with E-state index >= 15 is 0 Å². The van der Waals surface area contributed by atoms with Gasteiger partial charge >= 0.3 is 0 Å². The molecule has 0 bridgehead atoms. The van der Waals surface area contributed by atoms with Gasteiger partial charge in [-0.2, -0.15) is 0 Å². The molecule has 19 heavy (non-hydrogen) atoms. The van der Waals surface area contributed by atoms with E-state index in [-0.39, 0.29) is 18.6 Å². The van der Waals surface area contributed by atoms with Crippen LogP contribution in [-0.4, -0.2) is 41.7 Å². The summed E-state index contributed by atoms with van der Waals surface area (Å²) >= 11 is 11.8. The highest BCUT2D eigenvalue weighted by Gasteiger charge is 2.19. The fraction of sp³-hybridized carbons (Fsp3) is 0.462. The van der Waals surface area contributed by atoms with Gasteiger partial charge < -0.3 is 10.4 Å². The highest BCUT2D eigenvalue weighted by molar-refractivity contribution is 6.35. The predicted molar refractivity (Wildman–Crippen MR) is 76.8 cm³/mol. The zero-order valence-corrected chi connectivity index (χ0v) is 11.9. The molecule has 6 heteroatoms. The second kappa shape index (κ2) is 6.57. The number of piperidine rings is 1. The van der Waals surface area contributed by atoms with Crippen LogP contribution in [0.15, 0.2) is 18.2 Å². The lowest BCUT2D eigenvalue weighted by Gasteiger charge is -2.29. The first-order chi connectivity index (χ1) is 9.04. The van der Waals surface area contributed by atoms with Gasteiger partial charge in [-0.05, 0) is 37.6 Å². The minimum atomic E-state index is -0.337. The van der Waals surface area contributed by atoms with Crippen molar-refractivity contribution in [2.24, 2.45) is 0 Å². The molecule has 1 atom stereocenters. The lowest BCUT2D eigenvalue weighted by molar-refractivity contribution is -0.118. The van der Waals surface area contributed by atoms with Gasteiger partial charge in [0, 0.05) is 11.6 Å². The first kappa shape index (κ1) is 14.6. The minimum absolute atomic E-state index is 0.154. The number of aliphatic hydroxyl groups excluding tert-OH is 1. The van der Waals surface area contributed by atoms with Crippen LogP contribution < -0.4 is 5.32 Å². The highest BCUT2D eigenvalue weighted by atomic mass is 35.5. The molecule has 0 radical (unpaired) electrons. The van der Waals surface area contributed by atoms with Crippen molar-refractivity contribution in [3.8, 4) is 0 Å². The molecule has 0 aromatic heterocycles. The summed E-state index contributed by atoms with van der Waals surface area (Å²) in [6, 6.07) is 4.93. The SMILES string of the molecule is O=C(CN1CCC[C@H](O)C1)Nc1cc(Cl)ccc1Cl. The molecule has 0 unspecified atom stereocenters. The first-order valence-electron chi connectivity index (χ1n) is 6.20. The Kier molecular flexibility index (Phi) is 5.05. The van der Waals surface area contributed by atoms with Crippen LogP contribution >= 0.6 is 23.2 Å². The van der Waals surface area contributed by atoms with Gasteiger partial charge in [0.15, 0.2) is 0 Å². The third-order valence-electron chi connectivity index (χ3n) is 3.05. The normalized spacial score (nSPS) is 20.3. The molecule has 1 aliphatic rings. The van der Waals surface area contributed by atoms with E-state index in [0.717, 1.165) is 19.4 Å². The molecular weight excluding hydrogens is 287 g/mol. The molecule has 4 nitrogen and oxygen atoms in total. The first-order valence-corrected chi connectivity index (χ1v) is 6.95. The van der Waals surface area contributed by atoms with Crippen molar-refractivity contribution in [3.63, 3.8) is 0 Å². The molecule has 1 heterocycles. The van der Waals surface area contributed by atoms with Gasteiger partial charge in [0.05, 0.1) is 23.4 Å². The Hall–Kier alpha value is -0.810. The number of nitrogens with one attached hydrogen (secondary N) is 1. The smallest absolute Gasteiger partial charge is 0.238 e. The molecule has 104 valence electrons. The molecule has 1 aromatic rings. The Morgan fingerprint density at radius 3 is 3.00 bits per heavy atom. The summed E-state index contributed by atoms with van der Waals surface area (Å²) in [6.45, 7) is 1.62. The van der Waals surface area contributed by atoms with Gasteiger partial charge in [-0.25, -0.2) is 0 Å². The minimum Gasteiger partial charge on any atom is -0.392 e. The van der Waals surface area contributed by atoms with Gasteiger partial charge in [-0.3, -0.25) is 9.69 Å². The van der Waals surface area contributed by atoms with Crippen LogP contribution in [0.1, 0.15) is 12.8 Å². The van der Waals surface area contributed by atoms with Gasteiger partial charge in [0.25, 0.3) is 0 Å². The molecule has 1 amide bonds. The fourth-order valence-corrected chi connectivity index (χ4v) is 2.50. The zero-order valence-electron chi connectivity index (χ0n) is 10.4. The number of hydrogen-bond donors (Lipinski definition) is 2. The van der Waals surface area contributed by atoms with Crippen molar-refractivity contribution in [1.29, 1.82) is 0 Å². The van der Waals surface area contributed by atoms with E-state index in [1.807, 2.05) is 4.90 Å². The van der Waals surface area contributed by atoms with Crippen molar-refractivity contribution in [2.45, 2.75) is 18.9 Å². The molecule has 1 saturated heterocycles. The van der Waals surface area contributed by atoms with Gasteiger partial charge in [0.2, 0.25) is 5.91 Å². The number of carbonyl (C=O) groups excluding carboxylic acids is 1. The van der Waals surface area contributed by atoms with E-state index in [2.05, 4.69) is 5.32 Å². The van der Waals surface area contributed by atoms with Crippen molar-refractivity contribution in [1.82, 2.24) is 4.90 Å².